The number of benzene rings is 2. The smallest absolute Gasteiger partial charge is 0.239 e. The lowest BCUT2D eigenvalue weighted by molar-refractivity contribution is -0.120. The molecule has 2 N–H and O–H groups in total. The molecule has 0 saturated heterocycles. The van der Waals surface area contributed by atoms with Crippen LogP contribution in [0.1, 0.15) is 32.4 Å². The lowest BCUT2D eigenvalue weighted by Gasteiger charge is -2.15. The highest BCUT2D eigenvalue weighted by molar-refractivity contribution is 5.81. The summed E-state index contributed by atoms with van der Waals surface area (Å²) >= 11 is 0. The van der Waals surface area contributed by atoms with Gasteiger partial charge < -0.3 is 15.4 Å². The molecule has 0 aliphatic heterocycles. The van der Waals surface area contributed by atoms with E-state index < -0.39 is 0 Å². The van der Waals surface area contributed by atoms with Crippen LogP contribution in [0.25, 0.3) is 0 Å². The van der Waals surface area contributed by atoms with Gasteiger partial charge in [0.2, 0.25) is 5.91 Å². The van der Waals surface area contributed by atoms with E-state index >= 15 is 0 Å². The van der Waals surface area contributed by atoms with Crippen molar-refractivity contribution in [1.29, 1.82) is 0 Å². The van der Waals surface area contributed by atoms with Gasteiger partial charge in [-0.3, -0.25) is 4.79 Å². The third-order valence-corrected chi connectivity index (χ3v) is 3.34. The number of rotatable bonds is 7. The maximum Gasteiger partial charge on any atom is 0.239 e. The van der Waals surface area contributed by atoms with E-state index in [1.165, 1.54) is 0 Å². The van der Waals surface area contributed by atoms with Gasteiger partial charge in [0.05, 0.1) is 18.7 Å². The molecule has 0 spiro atoms. The van der Waals surface area contributed by atoms with Crippen molar-refractivity contribution in [2.45, 2.75) is 32.9 Å². The molecule has 2 rings (SSSR count). The van der Waals surface area contributed by atoms with Crippen molar-refractivity contribution in [2.24, 2.45) is 0 Å². The van der Waals surface area contributed by atoms with Crippen molar-refractivity contribution < 1.29 is 9.53 Å². The molecule has 0 aromatic heterocycles. The minimum Gasteiger partial charge on any atom is -0.491 e. The van der Waals surface area contributed by atoms with E-state index in [0.717, 1.165) is 17.0 Å². The fraction of sp³-hybridized carbons (Fsp3) is 0.316. The fourth-order valence-corrected chi connectivity index (χ4v) is 2.25. The molecule has 4 heteroatoms. The second kappa shape index (κ2) is 8.22. The van der Waals surface area contributed by atoms with E-state index in [4.69, 9.17) is 4.74 Å². The number of carbonyl (C=O) groups is 1. The zero-order chi connectivity index (χ0) is 16.7. The Morgan fingerprint density at radius 1 is 1.04 bits per heavy atom. The van der Waals surface area contributed by atoms with Crippen LogP contribution < -0.4 is 15.4 Å². The zero-order valence-corrected chi connectivity index (χ0v) is 13.9. The number of ether oxygens (including phenoxy) is 1. The first-order valence-corrected chi connectivity index (χ1v) is 7.89. The molecule has 0 radical (unpaired) electrons. The third-order valence-electron chi connectivity index (χ3n) is 3.34. The summed E-state index contributed by atoms with van der Waals surface area (Å²) in [6, 6.07) is 17.5. The van der Waals surface area contributed by atoms with Crippen molar-refractivity contribution in [3.8, 4) is 5.75 Å². The average Bonchev–Trinajstić information content (AvgIpc) is 2.53. The van der Waals surface area contributed by atoms with Gasteiger partial charge in [0.1, 0.15) is 5.75 Å². The molecule has 1 unspecified atom stereocenters. The van der Waals surface area contributed by atoms with Gasteiger partial charge >= 0.3 is 0 Å². The number of hydrogen-bond donors (Lipinski definition) is 2. The summed E-state index contributed by atoms with van der Waals surface area (Å²) in [6.07, 6.45) is 0.125. The largest absolute Gasteiger partial charge is 0.491 e. The highest BCUT2D eigenvalue weighted by atomic mass is 16.5. The second-order valence-corrected chi connectivity index (χ2v) is 5.75. The molecule has 2 aromatic carbocycles. The lowest BCUT2D eigenvalue weighted by atomic mass is 10.1. The van der Waals surface area contributed by atoms with Crippen LogP contribution in [-0.2, 0) is 4.79 Å². The topological polar surface area (TPSA) is 50.4 Å². The van der Waals surface area contributed by atoms with E-state index in [-0.39, 0.29) is 24.6 Å². The number of hydrogen-bond acceptors (Lipinski definition) is 3. The molecular weight excluding hydrogens is 288 g/mol. The fourth-order valence-electron chi connectivity index (χ4n) is 2.25. The Hall–Kier alpha value is -2.49. The molecule has 0 fully saturated rings. The van der Waals surface area contributed by atoms with Gasteiger partial charge in [-0.25, -0.2) is 0 Å². The molecule has 1 atom stereocenters. The van der Waals surface area contributed by atoms with Crippen LogP contribution in [0, 0.1) is 0 Å². The first-order chi connectivity index (χ1) is 11.0. The van der Waals surface area contributed by atoms with Crippen molar-refractivity contribution >= 4 is 11.6 Å². The monoisotopic (exact) mass is 312 g/mol. The Labute approximate surface area is 137 Å². The van der Waals surface area contributed by atoms with Gasteiger partial charge in [-0.05, 0) is 38.5 Å². The van der Waals surface area contributed by atoms with Crippen LogP contribution in [-0.4, -0.2) is 18.6 Å². The minimum atomic E-state index is -0.0449. The maximum atomic E-state index is 12.1. The standard InChI is InChI=1S/C19H24N2O2/c1-14(2)23-18-11-7-10-17(12-18)20-13-19(22)21-15(3)16-8-5-4-6-9-16/h4-12,14-15,20H,13H2,1-3H3,(H,21,22). The molecule has 4 nitrogen and oxygen atoms in total. The van der Waals surface area contributed by atoms with Crippen molar-refractivity contribution in [1.82, 2.24) is 5.32 Å². The summed E-state index contributed by atoms with van der Waals surface area (Å²) in [5, 5.41) is 6.10. The summed E-state index contributed by atoms with van der Waals surface area (Å²) in [5.74, 6) is 0.750. The van der Waals surface area contributed by atoms with Crippen molar-refractivity contribution in [3.63, 3.8) is 0 Å². The molecular formula is C19H24N2O2. The Kier molecular flexibility index (Phi) is 6.03. The van der Waals surface area contributed by atoms with E-state index in [1.54, 1.807) is 0 Å². The summed E-state index contributed by atoms with van der Waals surface area (Å²) in [5.41, 5.74) is 1.96. The lowest BCUT2D eigenvalue weighted by Crippen LogP contribution is -2.32. The highest BCUT2D eigenvalue weighted by Crippen LogP contribution is 2.18. The number of carbonyl (C=O) groups excluding carboxylic acids is 1. The van der Waals surface area contributed by atoms with Crippen LogP contribution in [0.15, 0.2) is 54.6 Å². The van der Waals surface area contributed by atoms with Crippen LogP contribution in [0.4, 0.5) is 5.69 Å². The predicted molar refractivity (Wildman–Crippen MR) is 93.7 cm³/mol. The average molecular weight is 312 g/mol. The molecule has 0 saturated carbocycles. The quantitative estimate of drug-likeness (QED) is 0.818. The predicted octanol–water partition coefficient (Wildman–Crippen LogP) is 3.76. The summed E-state index contributed by atoms with van der Waals surface area (Å²) < 4.78 is 5.64. The molecule has 0 aliphatic rings. The molecule has 1 amide bonds. The SMILES string of the molecule is CC(C)Oc1cccc(NCC(=O)NC(C)c2ccccc2)c1. The third kappa shape index (κ3) is 5.66. The Morgan fingerprint density at radius 2 is 1.78 bits per heavy atom. The van der Waals surface area contributed by atoms with Gasteiger partial charge in [0.25, 0.3) is 0 Å². The van der Waals surface area contributed by atoms with Crippen LogP contribution >= 0.6 is 0 Å². The number of anilines is 1. The molecule has 0 heterocycles. The van der Waals surface area contributed by atoms with Crippen molar-refractivity contribution in [2.75, 3.05) is 11.9 Å². The highest BCUT2D eigenvalue weighted by Gasteiger charge is 2.09. The van der Waals surface area contributed by atoms with Crippen LogP contribution in [0.5, 0.6) is 5.75 Å². The second-order valence-electron chi connectivity index (χ2n) is 5.75. The van der Waals surface area contributed by atoms with E-state index in [1.807, 2.05) is 75.4 Å². The van der Waals surface area contributed by atoms with Gasteiger partial charge in [-0.1, -0.05) is 36.4 Å². The molecule has 0 bridgehead atoms. The van der Waals surface area contributed by atoms with Crippen LogP contribution in [0.3, 0.4) is 0 Å². The first-order valence-electron chi connectivity index (χ1n) is 7.89. The van der Waals surface area contributed by atoms with E-state index in [0.29, 0.717) is 0 Å². The summed E-state index contributed by atoms with van der Waals surface area (Å²) in [7, 11) is 0. The normalized spacial score (nSPS) is 11.8. The molecule has 23 heavy (non-hydrogen) atoms. The summed E-state index contributed by atoms with van der Waals surface area (Å²) in [6.45, 7) is 6.17. The first kappa shape index (κ1) is 16.9. The zero-order valence-electron chi connectivity index (χ0n) is 13.9. The van der Waals surface area contributed by atoms with Crippen molar-refractivity contribution in [3.05, 3.63) is 60.2 Å². The van der Waals surface area contributed by atoms with E-state index in [9.17, 15) is 4.79 Å². The van der Waals surface area contributed by atoms with Gasteiger partial charge in [-0.15, -0.1) is 0 Å². The maximum absolute atomic E-state index is 12.1. The number of nitrogens with one attached hydrogen (secondary N) is 2. The van der Waals surface area contributed by atoms with Gasteiger partial charge in [0, 0.05) is 11.8 Å². The molecule has 122 valence electrons. The Balaban J connectivity index is 1.84. The number of amides is 1. The van der Waals surface area contributed by atoms with E-state index in [2.05, 4.69) is 10.6 Å². The minimum absolute atomic E-state index is 0.0129. The van der Waals surface area contributed by atoms with Gasteiger partial charge in [-0.2, -0.15) is 0 Å². The Bertz CT molecular complexity index is 626. The molecule has 2 aromatic rings. The Morgan fingerprint density at radius 3 is 2.48 bits per heavy atom. The van der Waals surface area contributed by atoms with Crippen LogP contribution in [0.2, 0.25) is 0 Å². The van der Waals surface area contributed by atoms with Gasteiger partial charge in [0.15, 0.2) is 0 Å². The summed E-state index contributed by atoms with van der Waals surface area (Å²) in [4.78, 5) is 12.1. The molecule has 0 aliphatic carbocycles.